The van der Waals surface area contributed by atoms with Crippen LogP contribution in [0.1, 0.15) is 32.3 Å². The van der Waals surface area contributed by atoms with Gasteiger partial charge in [0.25, 0.3) is 0 Å². The van der Waals surface area contributed by atoms with Crippen molar-refractivity contribution in [1.29, 1.82) is 0 Å². The summed E-state index contributed by atoms with van der Waals surface area (Å²) in [5.41, 5.74) is 1.12. The van der Waals surface area contributed by atoms with E-state index in [4.69, 9.17) is 4.74 Å². The Hall–Kier alpha value is -1.94. The number of para-hydroxylation sites is 1. The standard InChI is InChI=1S/C21H25NO2S/c1-15(2)12-19-20(25)13-21(23)22(19)14-16-8-10-18(11-9-16)24-17-6-4-3-5-7-17/h3-11,15,19-20,25H,12-14H2,1-2H3/t19-,20+/m0/s1. The molecule has 2 aromatic rings. The number of hydrogen-bond acceptors (Lipinski definition) is 3. The minimum atomic E-state index is 0.135. The van der Waals surface area contributed by atoms with Gasteiger partial charge >= 0.3 is 0 Å². The van der Waals surface area contributed by atoms with Gasteiger partial charge in [0.1, 0.15) is 11.5 Å². The third-order valence-electron chi connectivity index (χ3n) is 4.52. The third-order valence-corrected chi connectivity index (χ3v) is 5.04. The van der Waals surface area contributed by atoms with E-state index in [9.17, 15) is 4.79 Å². The molecule has 1 amide bonds. The zero-order valence-corrected chi connectivity index (χ0v) is 15.7. The van der Waals surface area contributed by atoms with Crippen LogP contribution in [-0.4, -0.2) is 22.1 Å². The van der Waals surface area contributed by atoms with Crippen molar-refractivity contribution in [2.75, 3.05) is 0 Å². The van der Waals surface area contributed by atoms with E-state index in [0.717, 1.165) is 23.5 Å². The predicted molar refractivity (Wildman–Crippen MR) is 104 cm³/mol. The Bertz CT molecular complexity index is 700. The minimum absolute atomic E-state index is 0.135. The molecule has 0 unspecified atom stereocenters. The van der Waals surface area contributed by atoms with Crippen molar-refractivity contribution in [3.05, 3.63) is 60.2 Å². The lowest BCUT2D eigenvalue weighted by atomic mass is 10.0. The molecule has 0 radical (unpaired) electrons. The molecule has 2 atom stereocenters. The highest BCUT2D eigenvalue weighted by atomic mass is 32.1. The first-order chi connectivity index (χ1) is 12.0. The number of carbonyl (C=O) groups is 1. The fourth-order valence-electron chi connectivity index (χ4n) is 3.28. The first-order valence-electron chi connectivity index (χ1n) is 8.82. The molecule has 0 aromatic heterocycles. The van der Waals surface area contributed by atoms with Gasteiger partial charge in [0.15, 0.2) is 0 Å². The van der Waals surface area contributed by atoms with Crippen LogP contribution in [0.2, 0.25) is 0 Å². The summed E-state index contributed by atoms with van der Waals surface area (Å²) in [7, 11) is 0. The fourth-order valence-corrected chi connectivity index (χ4v) is 3.72. The van der Waals surface area contributed by atoms with Crippen LogP contribution < -0.4 is 4.74 Å². The normalized spacial score (nSPS) is 20.3. The fraction of sp³-hybridized carbons (Fsp3) is 0.381. The molecule has 4 heteroatoms. The molecule has 0 bridgehead atoms. The molecule has 0 aliphatic carbocycles. The molecule has 1 aliphatic rings. The smallest absolute Gasteiger partial charge is 0.224 e. The number of ether oxygens (including phenoxy) is 1. The van der Waals surface area contributed by atoms with Gasteiger partial charge in [-0.2, -0.15) is 12.6 Å². The van der Waals surface area contributed by atoms with Gasteiger partial charge in [-0.15, -0.1) is 0 Å². The summed E-state index contributed by atoms with van der Waals surface area (Å²) in [6.45, 7) is 5.02. The van der Waals surface area contributed by atoms with Crippen molar-refractivity contribution in [1.82, 2.24) is 4.90 Å². The molecule has 132 valence electrons. The Labute approximate surface area is 155 Å². The average molecular weight is 356 g/mol. The van der Waals surface area contributed by atoms with E-state index in [1.54, 1.807) is 0 Å². The molecule has 0 N–H and O–H groups in total. The number of likely N-dealkylation sites (tertiary alicyclic amines) is 1. The molecular weight excluding hydrogens is 330 g/mol. The first-order valence-corrected chi connectivity index (χ1v) is 9.34. The number of amides is 1. The number of rotatable bonds is 6. The summed E-state index contributed by atoms with van der Waals surface area (Å²) in [5.74, 6) is 2.37. The number of nitrogens with zero attached hydrogens (tertiary/aromatic N) is 1. The number of thiol groups is 1. The lowest BCUT2D eigenvalue weighted by molar-refractivity contribution is -0.129. The van der Waals surface area contributed by atoms with Gasteiger partial charge < -0.3 is 9.64 Å². The highest BCUT2D eigenvalue weighted by Gasteiger charge is 2.37. The van der Waals surface area contributed by atoms with E-state index in [1.807, 2.05) is 59.5 Å². The van der Waals surface area contributed by atoms with Crippen LogP contribution in [0.4, 0.5) is 0 Å². The Morgan fingerprint density at radius 2 is 1.72 bits per heavy atom. The second-order valence-electron chi connectivity index (χ2n) is 7.05. The molecule has 1 aliphatic heterocycles. The second-order valence-corrected chi connectivity index (χ2v) is 7.71. The van der Waals surface area contributed by atoms with Crippen LogP contribution in [0.3, 0.4) is 0 Å². The molecule has 0 spiro atoms. The lowest BCUT2D eigenvalue weighted by Gasteiger charge is -2.28. The maximum Gasteiger partial charge on any atom is 0.224 e. The second kappa shape index (κ2) is 7.96. The van der Waals surface area contributed by atoms with Crippen molar-refractivity contribution < 1.29 is 9.53 Å². The number of hydrogen-bond donors (Lipinski definition) is 1. The molecule has 2 aromatic carbocycles. The van der Waals surface area contributed by atoms with Gasteiger partial charge in [0.2, 0.25) is 5.91 Å². The van der Waals surface area contributed by atoms with E-state index >= 15 is 0 Å². The van der Waals surface area contributed by atoms with Crippen molar-refractivity contribution in [3.63, 3.8) is 0 Å². The van der Waals surface area contributed by atoms with Gasteiger partial charge in [-0.25, -0.2) is 0 Å². The molecule has 3 nitrogen and oxygen atoms in total. The van der Waals surface area contributed by atoms with Crippen LogP contribution >= 0.6 is 12.6 Å². The monoisotopic (exact) mass is 355 g/mol. The predicted octanol–water partition coefficient (Wildman–Crippen LogP) is 4.92. The van der Waals surface area contributed by atoms with Gasteiger partial charge in [0, 0.05) is 24.3 Å². The Morgan fingerprint density at radius 1 is 1.08 bits per heavy atom. The maximum atomic E-state index is 12.3. The zero-order valence-electron chi connectivity index (χ0n) is 14.8. The summed E-state index contributed by atoms with van der Waals surface area (Å²) in [6.07, 6.45) is 1.53. The number of benzene rings is 2. The van der Waals surface area contributed by atoms with Gasteiger partial charge in [0.05, 0.1) is 0 Å². The van der Waals surface area contributed by atoms with E-state index in [2.05, 4.69) is 26.5 Å². The highest BCUT2D eigenvalue weighted by molar-refractivity contribution is 7.81. The molecular formula is C21H25NO2S. The molecule has 1 saturated heterocycles. The average Bonchev–Trinajstić information content (AvgIpc) is 2.84. The van der Waals surface area contributed by atoms with Crippen LogP contribution in [0.25, 0.3) is 0 Å². The summed E-state index contributed by atoms with van der Waals surface area (Å²) < 4.78 is 5.82. The summed E-state index contributed by atoms with van der Waals surface area (Å²) >= 11 is 4.64. The van der Waals surface area contributed by atoms with Crippen LogP contribution in [0.15, 0.2) is 54.6 Å². The van der Waals surface area contributed by atoms with Gasteiger partial charge in [-0.3, -0.25) is 4.79 Å². The van der Waals surface area contributed by atoms with Crippen LogP contribution in [-0.2, 0) is 11.3 Å². The zero-order chi connectivity index (χ0) is 17.8. The Balaban J connectivity index is 1.67. The third kappa shape index (κ3) is 4.57. The topological polar surface area (TPSA) is 29.5 Å². The summed E-state index contributed by atoms with van der Waals surface area (Å²) in [5, 5.41) is 0.135. The summed E-state index contributed by atoms with van der Waals surface area (Å²) in [4.78, 5) is 14.3. The van der Waals surface area contributed by atoms with Crippen molar-refractivity contribution in [3.8, 4) is 11.5 Å². The van der Waals surface area contributed by atoms with Crippen molar-refractivity contribution in [2.45, 2.75) is 44.5 Å². The molecule has 3 rings (SSSR count). The Morgan fingerprint density at radius 3 is 2.36 bits per heavy atom. The van der Waals surface area contributed by atoms with Crippen LogP contribution in [0.5, 0.6) is 11.5 Å². The molecule has 1 fully saturated rings. The minimum Gasteiger partial charge on any atom is -0.457 e. The lowest BCUT2D eigenvalue weighted by Crippen LogP contribution is -2.36. The van der Waals surface area contributed by atoms with E-state index in [-0.39, 0.29) is 17.2 Å². The van der Waals surface area contributed by atoms with Crippen molar-refractivity contribution in [2.24, 2.45) is 5.92 Å². The Kier molecular flexibility index (Phi) is 5.69. The van der Waals surface area contributed by atoms with Crippen molar-refractivity contribution >= 4 is 18.5 Å². The maximum absolute atomic E-state index is 12.3. The molecule has 0 saturated carbocycles. The van der Waals surface area contributed by atoms with E-state index in [0.29, 0.717) is 18.9 Å². The molecule has 1 heterocycles. The largest absolute Gasteiger partial charge is 0.457 e. The van der Waals surface area contributed by atoms with Gasteiger partial charge in [-0.05, 0) is 42.2 Å². The first kappa shape index (κ1) is 17.9. The number of carbonyl (C=O) groups excluding carboxylic acids is 1. The van der Waals surface area contributed by atoms with E-state index in [1.165, 1.54) is 0 Å². The SMILES string of the molecule is CC(C)C[C@H]1[C@H](S)CC(=O)N1Cc1ccc(Oc2ccccc2)cc1. The highest BCUT2D eigenvalue weighted by Crippen LogP contribution is 2.30. The quantitative estimate of drug-likeness (QED) is 0.745. The van der Waals surface area contributed by atoms with Gasteiger partial charge in [-0.1, -0.05) is 44.2 Å². The van der Waals surface area contributed by atoms with Crippen LogP contribution in [0, 0.1) is 5.92 Å². The summed E-state index contributed by atoms with van der Waals surface area (Å²) in [6, 6.07) is 17.9. The molecule has 25 heavy (non-hydrogen) atoms. The van der Waals surface area contributed by atoms with E-state index < -0.39 is 0 Å².